The molecule has 0 bridgehead atoms. The number of unbranched alkanes of at least 4 members (excludes halogenated alkanes) is 6. The van der Waals surface area contributed by atoms with Crippen molar-refractivity contribution < 1.29 is 0 Å². The Balaban J connectivity index is 2.87. The van der Waals surface area contributed by atoms with Crippen molar-refractivity contribution >= 4 is 17.6 Å². The van der Waals surface area contributed by atoms with Crippen LogP contribution >= 0.6 is 12.2 Å². The molecule has 0 saturated carbocycles. The SMILES string of the molecule is CC(C)CCCCCCCCC=S. The Bertz CT molecular complexity index is 108. The lowest BCUT2D eigenvalue weighted by molar-refractivity contribution is 0.513. The van der Waals surface area contributed by atoms with Crippen LogP contribution < -0.4 is 0 Å². The van der Waals surface area contributed by atoms with Gasteiger partial charge < -0.3 is 0 Å². The molecule has 0 aromatic rings. The topological polar surface area (TPSA) is 0 Å². The Hall–Kier alpha value is 0.0900. The molecule has 0 spiro atoms. The van der Waals surface area contributed by atoms with Crippen LogP contribution in [-0.4, -0.2) is 5.37 Å². The van der Waals surface area contributed by atoms with Crippen LogP contribution in [0.2, 0.25) is 0 Å². The number of rotatable bonds is 9. The van der Waals surface area contributed by atoms with E-state index < -0.39 is 0 Å². The van der Waals surface area contributed by atoms with E-state index in [4.69, 9.17) is 12.2 Å². The van der Waals surface area contributed by atoms with E-state index in [-0.39, 0.29) is 0 Å². The quantitative estimate of drug-likeness (QED) is 0.382. The summed E-state index contributed by atoms with van der Waals surface area (Å²) >= 11 is 4.78. The van der Waals surface area contributed by atoms with E-state index >= 15 is 0 Å². The summed E-state index contributed by atoms with van der Waals surface area (Å²) in [5, 5.41) is 1.86. The Morgan fingerprint density at radius 2 is 1.46 bits per heavy atom. The number of hydrogen-bond acceptors (Lipinski definition) is 1. The van der Waals surface area contributed by atoms with Crippen LogP contribution in [0.3, 0.4) is 0 Å². The van der Waals surface area contributed by atoms with E-state index in [2.05, 4.69) is 13.8 Å². The van der Waals surface area contributed by atoms with Gasteiger partial charge in [0.05, 0.1) is 0 Å². The molecule has 0 amide bonds. The van der Waals surface area contributed by atoms with Crippen molar-refractivity contribution in [2.45, 2.75) is 65.2 Å². The molecule has 1 heteroatoms. The van der Waals surface area contributed by atoms with Gasteiger partial charge in [-0.3, -0.25) is 0 Å². The zero-order chi connectivity index (χ0) is 9.94. The predicted molar refractivity (Wildman–Crippen MR) is 65.4 cm³/mol. The highest BCUT2D eigenvalue weighted by atomic mass is 32.1. The number of thiocarbonyl (C=S) groups is 1. The van der Waals surface area contributed by atoms with Crippen LogP contribution in [0.5, 0.6) is 0 Å². The minimum absolute atomic E-state index is 0.884. The zero-order valence-electron chi connectivity index (χ0n) is 9.22. The summed E-state index contributed by atoms with van der Waals surface area (Å²) in [6.45, 7) is 4.61. The molecule has 0 aromatic carbocycles. The summed E-state index contributed by atoms with van der Waals surface area (Å²) in [5.41, 5.74) is 0. The fourth-order valence-electron chi connectivity index (χ4n) is 1.49. The molecule has 0 aromatic heterocycles. The van der Waals surface area contributed by atoms with Gasteiger partial charge in [-0.1, -0.05) is 64.6 Å². The molecule has 0 N–H and O–H groups in total. The van der Waals surface area contributed by atoms with Gasteiger partial charge in [0, 0.05) is 0 Å². The predicted octanol–water partition coefficient (Wildman–Crippen LogP) is 4.76. The summed E-state index contributed by atoms with van der Waals surface area (Å²) in [5.74, 6) is 0.884. The van der Waals surface area contributed by atoms with Crippen LogP contribution in [0.15, 0.2) is 0 Å². The average molecular weight is 200 g/mol. The van der Waals surface area contributed by atoms with Gasteiger partial charge in [0.25, 0.3) is 0 Å². The lowest BCUT2D eigenvalue weighted by Crippen LogP contribution is -1.87. The van der Waals surface area contributed by atoms with Gasteiger partial charge in [0.15, 0.2) is 0 Å². The smallest absolute Gasteiger partial charge is 0.0210 e. The largest absolute Gasteiger partial charge is 0.0935 e. The highest BCUT2D eigenvalue weighted by molar-refractivity contribution is 7.78. The normalized spacial score (nSPS) is 10.7. The van der Waals surface area contributed by atoms with Gasteiger partial charge >= 0.3 is 0 Å². The molecule has 0 rings (SSSR count). The molecule has 13 heavy (non-hydrogen) atoms. The standard InChI is InChI=1S/C12H24S/c1-12(2)10-8-6-4-3-5-7-9-11-13/h11-12H,3-10H2,1-2H3. The van der Waals surface area contributed by atoms with Crippen LogP contribution in [-0.2, 0) is 0 Å². The van der Waals surface area contributed by atoms with Crippen molar-refractivity contribution in [2.75, 3.05) is 0 Å². The molecule has 0 heterocycles. The summed E-state index contributed by atoms with van der Waals surface area (Å²) in [7, 11) is 0. The fourth-order valence-corrected chi connectivity index (χ4v) is 1.65. The van der Waals surface area contributed by atoms with Crippen LogP contribution in [0.1, 0.15) is 65.2 Å². The Morgan fingerprint density at radius 3 is 2.00 bits per heavy atom. The first kappa shape index (κ1) is 13.1. The molecular weight excluding hydrogens is 176 g/mol. The van der Waals surface area contributed by atoms with Gasteiger partial charge in [-0.25, -0.2) is 0 Å². The molecule has 0 fully saturated rings. The summed E-state index contributed by atoms with van der Waals surface area (Å²) in [6, 6.07) is 0. The molecular formula is C12H24S. The van der Waals surface area contributed by atoms with Crippen LogP contribution in [0.25, 0.3) is 0 Å². The average Bonchev–Trinajstić information content (AvgIpc) is 2.09. The summed E-state index contributed by atoms with van der Waals surface area (Å²) < 4.78 is 0. The van der Waals surface area contributed by atoms with E-state index in [9.17, 15) is 0 Å². The van der Waals surface area contributed by atoms with Crippen molar-refractivity contribution in [3.05, 3.63) is 0 Å². The van der Waals surface area contributed by atoms with Crippen molar-refractivity contribution in [1.29, 1.82) is 0 Å². The lowest BCUT2D eigenvalue weighted by atomic mass is 10.0. The van der Waals surface area contributed by atoms with E-state index in [0.717, 1.165) is 12.3 Å². The van der Waals surface area contributed by atoms with E-state index in [0.29, 0.717) is 0 Å². The minimum atomic E-state index is 0.884. The van der Waals surface area contributed by atoms with Gasteiger partial charge in [-0.05, 0) is 24.1 Å². The van der Waals surface area contributed by atoms with Crippen molar-refractivity contribution in [1.82, 2.24) is 0 Å². The molecule has 0 nitrogen and oxygen atoms in total. The molecule has 0 aliphatic rings. The molecule has 0 radical (unpaired) electrons. The molecule has 0 unspecified atom stereocenters. The maximum atomic E-state index is 4.78. The number of hydrogen-bond donors (Lipinski definition) is 0. The van der Waals surface area contributed by atoms with Crippen LogP contribution in [0.4, 0.5) is 0 Å². The molecule has 0 saturated heterocycles. The fraction of sp³-hybridized carbons (Fsp3) is 0.917. The second-order valence-corrected chi connectivity index (χ2v) is 4.59. The minimum Gasteiger partial charge on any atom is -0.0935 e. The van der Waals surface area contributed by atoms with Gasteiger partial charge in [0.1, 0.15) is 0 Å². The first-order valence-corrected chi connectivity index (χ1v) is 6.18. The van der Waals surface area contributed by atoms with E-state index in [1.165, 1.54) is 44.9 Å². The summed E-state index contributed by atoms with van der Waals surface area (Å²) in [4.78, 5) is 0. The van der Waals surface area contributed by atoms with Crippen molar-refractivity contribution in [3.63, 3.8) is 0 Å². The third-order valence-corrected chi connectivity index (χ3v) is 2.59. The van der Waals surface area contributed by atoms with Gasteiger partial charge in [0.2, 0.25) is 0 Å². The van der Waals surface area contributed by atoms with E-state index in [1.54, 1.807) is 0 Å². The third-order valence-electron chi connectivity index (χ3n) is 2.35. The van der Waals surface area contributed by atoms with Crippen molar-refractivity contribution in [2.24, 2.45) is 5.92 Å². The van der Waals surface area contributed by atoms with Gasteiger partial charge in [-0.15, -0.1) is 0 Å². The molecule has 0 atom stereocenters. The van der Waals surface area contributed by atoms with Gasteiger partial charge in [-0.2, -0.15) is 0 Å². The van der Waals surface area contributed by atoms with E-state index in [1.807, 2.05) is 5.37 Å². The molecule has 0 aliphatic heterocycles. The maximum Gasteiger partial charge on any atom is -0.0210 e. The Morgan fingerprint density at radius 1 is 0.923 bits per heavy atom. The maximum absolute atomic E-state index is 4.78. The lowest BCUT2D eigenvalue weighted by Gasteiger charge is -2.03. The Labute approximate surface area is 89.1 Å². The highest BCUT2D eigenvalue weighted by Crippen LogP contribution is 2.11. The first-order chi connectivity index (χ1) is 6.27. The molecule has 0 aliphatic carbocycles. The zero-order valence-corrected chi connectivity index (χ0v) is 10.0. The van der Waals surface area contributed by atoms with Crippen LogP contribution in [0, 0.1) is 5.92 Å². The monoisotopic (exact) mass is 200 g/mol. The Kier molecular flexibility index (Phi) is 10.2. The summed E-state index contributed by atoms with van der Waals surface area (Å²) in [6.07, 6.45) is 10.9. The third kappa shape index (κ3) is 12.1. The first-order valence-electron chi connectivity index (χ1n) is 5.71. The second kappa shape index (κ2) is 10.2. The van der Waals surface area contributed by atoms with Crippen molar-refractivity contribution in [3.8, 4) is 0 Å². The second-order valence-electron chi connectivity index (χ2n) is 4.26. The highest BCUT2D eigenvalue weighted by Gasteiger charge is 1.94. The molecule has 78 valence electrons.